The van der Waals surface area contributed by atoms with Crippen molar-refractivity contribution in [3.05, 3.63) is 16.4 Å². The molecule has 0 amide bonds. The minimum atomic E-state index is 0.263. The largest absolute Gasteiger partial charge is 0.328 e. The molecule has 1 heterocycles. The normalized spacial score (nSPS) is 13.3. The zero-order valence-corrected chi connectivity index (χ0v) is 9.00. The summed E-state index contributed by atoms with van der Waals surface area (Å²) in [7, 11) is 1.95. The molecule has 3 nitrogen and oxygen atoms in total. The average molecular weight is 232 g/mol. The van der Waals surface area contributed by atoms with Crippen LogP contribution in [0.3, 0.4) is 0 Å². The van der Waals surface area contributed by atoms with Crippen molar-refractivity contribution in [3.63, 3.8) is 0 Å². The van der Waals surface area contributed by atoms with Crippen LogP contribution in [-0.2, 0) is 13.5 Å². The summed E-state index contributed by atoms with van der Waals surface area (Å²) in [5.41, 5.74) is 6.88. The molecule has 0 saturated heterocycles. The molecule has 68 valence electrons. The van der Waals surface area contributed by atoms with Crippen LogP contribution >= 0.6 is 15.9 Å². The SMILES string of the molecule is C[C@@H](N)CCc1cc(Br)nn1C. The highest BCUT2D eigenvalue weighted by molar-refractivity contribution is 9.10. The third-order valence-electron chi connectivity index (χ3n) is 1.80. The second-order valence-corrected chi connectivity index (χ2v) is 3.91. The molecule has 2 N–H and O–H groups in total. The summed E-state index contributed by atoms with van der Waals surface area (Å²) in [4.78, 5) is 0. The minimum absolute atomic E-state index is 0.263. The highest BCUT2D eigenvalue weighted by Crippen LogP contribution is 2.11. The molecule has 1 atom stereocenters. The van der Waals surface area contributed by atoms with Crippen LogP contribution in [0.1, 0.15) is 19.0 Å². The molecular formula is C8H14BrN3. The van der Waals surface area contributed by atoms with Crippen molar-refractivity contribution in [1.82, 2.24) is 9.78 Å². The van der Waals surface area contributed by atoms with Crippen LogP contribution in [0.15, 0.2) is 10.7 Å². The Morgan fingerprint density at radius 3 is 2.83 bits per heavy atom. The van der Waals surface area contributed by atoms with Crippen LogP contribution in [-0.4, -0.2) is 15.8 Å². The summed E-state index contributed by atoms with van der Waals surface area (Å²) < 4.78 is 2.77. The van der Waals surface area contributed by atoms with E-state index in [-0.39, 0.29) is 6.04 Å². The number of nitrogens with two attached hydrogens (primary N) is 1. The van der Waals surface area contributed by atoms with E-state index in [0.29, 0.717) is 0 Å². The summed E-state index contributed by atoms with van der Waals surface area (Å²) in [6.45, 7) is 2.02. The minimum Gasteiger partial charge on any atom is -0.328 e. The number of hydrogen-bond donors (Lipinski definition) is 1. The molecule has 12 heavy (non-hydrogen) atoms. The Labute approximate surface area is 81.1 Å². The van der Waals surface area contributed by atoms with Gasteiger partial charge in [-0.15, -0.1) is 0 Å². The molecule has 1 rings (SSSR count). The maximum atomic E-state index is 5.66. The lowest BCUT2D eigenvalue weighted by Gasteiger charge is -2.04. The molecule has 0 aromatic carbocycles. The van der Waals surface area contributed by atoms with E-state index in [9.17, 15) is 0 Å². The summed E-state index contributed by atoms with van der Waals surface area (Å²) in [5.74, 6) is 0. The van der Waals surface area contributed by atoms with Crippen molar-refractivity contribution in [2.45, 2.75) is 25.8 Å². The van der Waals surface area contributed by atoms with Crippen LogP contribution in [0, 0.1) is 0 Å². The van der Waals surface area contributed by atoms with Crippen molar-refractivity contribution in [2.24, 2.45) is 12.8 Å². The van der Waals surface area contributed by atoms with Crippen molar-refractivity contribution >= 4 is 15.9 Å². The Bertz CT molecular complexity index is 255. The van der Waals surface area contributed by atoms with Gasteiger partial charge in [0.2, 0.25) is 0 Å². The first-order chi connectivity index (χ1) is 5.59. The molecule has 0 unspecified atom stereocenters. The molecule has 0 radical (unpaired) electrons. The molecule has 0 spiro atoms. The van der Waals surface area contributed by atoms with Gasteiger partial charge in [0.25, 0.3) is 0 Å². The molecule has 0 bridgehead atoms. The molecule has 0 saturated carbocycles. The van der Waals surface area contributed by atoms with Gasteiger partial charge in [-0.25, -0.2) is 0 Å². The van der Waals surface area contributed by atoms with Crippen molar-refractivity contribution in [2.75, 3.05) is 0 Å². The van der Waals surface area contributed by atoms with Crippen molar-refractivity contribution in [3.8, 4) is 0 Å². The molecular weight excluding hydrogens is 218 g/mol. The average Bonchev–Trinajstić information content (AvgIpc) is 2.26. The Hall–Kier alpha value is -0.350. The number of halogens is 1. The maximum absolute atomic E-state index is 5.66. The monoisotopic (exact) mass is 231 g/mol. The predicted octanol–water partition coefficient (Wildman–Crippen LogP) is 1.46. The smallest absolute Gasteiger partial charge is 0.128 e. The number of rotatable bonds is 3. The fraction of sp³-hybridized carbons (Fsp3) is 0.625. The van der Waals surface area contributed by atoms with Gasteiger partial charge in [-0.05, 0) is 41.8 Å². The lowest BCUT2D eigenvalue weighted by molar-refractivity contribution is 0.623. The highest BCUT2D eigenvalue weighted by atomic mass is 79.9. The Kier molecular flexibility index (Phi) is 3.29. The number of aromatic nitrogens is 2. The third kappa shape index (κ3) is 2.60. The Morgan fingerprint density at radius 1 is 1.75 bits per heavy atom. The van der Waals surface area contributed by atoms with Crippen molar-refractivity contribution in [1.29, 1.82) is 0 Å². The van der Waals surface area contributed by atoms with E-state index in [2.05, 4.69) is 21.0 Å². The van der Waals surface area contributed by atoms with E-state index in [0.717, 1.165) is 17.4 Å². The fourth-order valence-corrected chi connectivity index (χ4v) is 1.58. The standard InChI is InChI=1S/C8H14BrN3/c1-6(10)3-4-7-5-8(9)11-12(7)2/h5-6H,3-4,10H2,1-2H3/t6-/m1/s1. The second kappa shape index (κ2) is 4.05. The van der Waals surface area contributed by atoms with Gasteiger partial charge in [0.1, 0.15) is 4.60 Å². The fourth-order valence-electron chi connectivity index (χ4n) is 1.08. The highest BCUT2D eigenvalue weighted by Gasteiger charge is 2.03. The van der Waals surface area contributed by atoms with Gasteiger partial charge in [0, 0.05) is 18.8 Å². The lowest BCUT2D eigenvalue weighted by Crippen LogP contribution is -2.16. The van der Waals surface area contributed by atoms with Gasteiger partial charge in [0.05, 0.1) is 0 Å². The summed E-state index contributed by atoms with van der Waals surface area (Å²) in [5, 5.41) is 4.18. The van der Waals surface area contributed by atoms with Crippen LogP contribution < -0.4 is 5.73 Å². The number of hydrogen-bond acceptors (Lipinski definition) is 2. The van der Waals surface area contributed by atoms with Gasteiger partial charge >= 0.3 is 0 Å². The van der Waals surface area contributed by atoms with Gasteiger partial charge in [0.15, 0.2) is 0 Å². The van der Waals surface area contributed by atoms with Crippen LogP contribution in [0.25, 0.3) is 0 Å². The molecule has 0 aliphatic rings. The molecule has 4 heteroatoms. The molecule has 1 aromatic heterocycles. The lowest BCUT2D eigenvalue weighted by atomic mass is 10.1. The van der Waals surface area contributed by atoms with E-state index in [1.807, 2.05) is 24.7 Å². The van der Waals surface area contributed by atoms with Gasteiger partial charge in [-0.3, -0.25) is 4.68 Å². The molecule has 0 fully saturated rings. The summed E-state index contributed by atoms with van der Waals surface area (Å²) >= 11 is 3.33. The van der Waals surface area contributed by atoms with E-state index in [1.165, 1.54) is 5.69 Å². The summed E-state index contributed by atoms with van der Waals surface area (Å²) in [6.07, 6.45) is 2.00. The molecule has 0 aliphatic heterocycles. The van der Waals surface area contributed by atoms with E-state index >= 15 is 0 Å². The first kappa shape index (κ1) is 9.74. The van der Waals surface area contributed by atoms with E-state index < -0.39 is 0 Å². The number of nitrogens with zero attached hydrogens (tertiary/aromatic N) is 2. The summed E-state index contributed by atoms with van der Waals surface area (Å²) in [6, 6.07) is 2.29. The van der Waals surface area contributed by atoms with Crippen LogP contribution in [0.5, 0.6) is 0 Å². The number of aryl methyl sites for hydroxylation is 2. The predicted molar refractivity (Wildman–Crippen MR) is 52.9 cm³/mol. The second-order valence-electron chi connectivity index (χ2n) is 3.10. The quantitative estimate of drug-likeness (QED) is 0.857. The molecule has 1 aromatic rings. The van der Waals surface area contributed by atoms with E-state index in [4.69, 9.17) is 5.73 Å². The molecule has 0 aliphatic carbocycles. The zero-order valence-electron chi connectivity index (χ0n) is 7.42. The van der Waals surface area contributed by atoms with Crippen LogP contribution in [0.4, 0.5) is 0 Å². The van der Waals surface area contributed by atoms with E-state index in [1.54, 1.807) is 0 Å². The van der Waals surface area contributed by atoms with Gasteiger partial charge in [-0.1, -0.05) is 0 Å². The Balaban J connectivity index is 2.57. The van der Waals surface area contributed by atoms with Gasteiger partial charge in [-0.2, -0.15) is 5.10 Å². The maximum Gasteiger partial charge on any atom is 0.128 e. The first-order valence-corrected chi connectivity index (χ1v) is 4.83. The van der Waals surface area contributed by atoms with Gasteiger partial charge < -0.3 is 5.73 Å². The third-order valence-corrected chi connectivity index (χ3v) is 2.19. The first-order valence-electron chi connectivity index (χ1n) is 4.03. The Morgan fingerprint density at radius 2 is 2.42 bits per heavy atom. The van der Waals surface area contributed by atoms with Crippen LogP contribution in [0.2, 0.25) is 0 Å². The van der Waals surface area contributed by atoms with Crippen molar-refractivity contribution < 1.29 is 0 Å². The topological polar surface area (TPSA) is 43.8 Å². The zero-order chi connectivity index (χ0) is 9.14.